The molecule has 0 fully saturated rings. The minimum atomic E-state index is -3.96. The van der Waals surface area contributed by atoms with Gasteiger partial charge in [-0.15, -0.1) is 0 Å². The maximum Gasteiger partial charge on any atom is 0.267 e. The van der Waals surface area contributed by atoms with Crippen molar-refractivity contribution in [2.75, 3.05) is 0 Å². The van der Waals surface area contributed by atoms with Gasteiger partial charge in [-0.05, 0) is 32.1 Å². The van der Waals surface area contributed by atoms with Crippen molar-refractivity contribution in [2.24, 2.45) is 0 Å². The zero-order chi connectivity index (χ0) is 20.4. The molecule has 0 amide bonds. The van der Waals surface area contributed by atoms with E-state index < -0.39 is 15.4 Å². The number of aliphatic hydroxyl groups is 1. The van der Waals surface area contributed by atoms with Gasteiger partial charge < -0.3 is 5.11 Å². The molecule has 0 saturated heterocycles. The molecule has 0 spiro atoms. The maximum atomic E-state index is 11.4. The first-order chi connectivity index (χ1) is 12.9. The smallest absolute Gasteiger partial charge is 0.267 e. The molecular formula is C22H46O4S. The highest BCUT2D eigenvalue weighted by atomic mass is 32.2. The Bertz CT molecular complexity index is 409. The van der Waals surface area contributed by atoms with Gasteiger partial charge >= 0.3 is 0 Å². The monoisotopic (exact) mass is 406 g/mol. The number of hydrogen-bond donors (Lipinski definition) is 2. The lowest BCUT2D eigenvalue weighted by molar-refractivity contribution is 0.147. The summed E-state index contributed by atoms with van der Waals surface area (Å²) >= 11 is 0. The second-order valence-electron chi connectivity index (χ2n) is 8.19. The van der Waals surface area contributed by atoms with Crippen LogP contribution in [0, 0.1) is 0 Å². The summed E-state index contributed by atoms with van der Waals surface area (Å²) < 4.78 is 32.1. The molecule has 0 aliphatic heterocycles. The summed E-state index contributed by atoms with van der Waals surface area (Å²) in [6, 6.07) is 0. The number of hydrogen-bond acceptors (Lipinski definition) is 3. The van der Waals surface area contributed by atoms with E-state index in [1.54, 1.807) is 0 Å². The van der Waals surface area contributed by atoms with E-state index in [2.05, 4.69) is 6.92 Å². The molecule has 0 radical (unpaired) electrons. The Kier molecular flexibility index (Phi) is 17.8. The van der Waals surface area contributed by atoms with E-state index in [4.69, 9.17) is 0 Å². The first kappa shape index (κ1) is 26.9. The molecule has 27 heavy (non-hydrogen) atoms. The van der Waals surface area contributed by atoms with Crippen LogP contribution in [0.2, 0.25) is 0 Å². The number of unbranched alkanes of at least 4 members (excludes halogenated alkanes) is 11. The fourth-order valence-corrected chi connectivity index (χ4v) is 4.57. The molecule has 2 atom stereocenters. The van der Waals surface area contributed by atoms with Gasteiger partial charge in [-0.1, -0.05) is 97.3 Å². The van der Waals surface area contributed by atoms with Gasteiger partial charge in [-0.2, -0.15) is 8.42 Å². The van der Waals surface area contributed by atoms with Crippen molar-refractivity contribution in [3.8, 4) is 0 Å². The van der Waals surface area contributed by atoms with Gasteiger partial charge in [-0.25, -0.2) is 0 Å². The summed E-state index contributed by atoms with van der Waals surface area (Å²) in [6.45, 7) is 4.26. The lowest BCUT2D eigenvalue weighted by Crippen LogP contribution is -2.21. The third-order valence-electron chi connectivity index (χ3n) is 5.51. The van der Waals surface area contributed by atoms with Crippen LogP contribution < -0.4 is 0 Å². The van der Waals surface area contributed by atoms with E-state index in [-0.39, 0.29) is 6.10 Å². The summed E-state index contributed by atoms with van der Waals surface area (Å²) in [5, 5.41) is 9.41. The highest BCUT2D eigenvalue weighted by Gasteiger charge is 2.22. The van der Waals surface area contributed by atoms with Gasteiger partial charge in [0.05, 0.1) is 11.4 Å². The summed E-state index contributed by atoms with van der Waals surface area (Å²) in [5.74, 6) is 0. The highest BCUT2D eigenvalue weighted by Crippen LogP contribution is 2.19. The molecule has 0 aromatic carbocycles. The van der Waals surface area contributed by atoms with Crippen molar-refractivity contribution in [1.82, 2.24) is 0 Å². The summed E-state index contributed by atoms with van der Waals surface area (Å²) in [6.07, 6.45) is 18.8. The Labute approximate surface area is 169 Å². The zero-order valence-electron chi connectivity index (χ0n) is 18.0. The zero-order valence-corrected chi connectivity index (χ0v) is 18.8. The van der Waals surface area contributed by atoms with Crippen LogP contribution in [0.4, 0.5) is 0 Å². The standard InChI is InChI=1S/C22H46O4S/c1-3-5-7-8-9-10-11-12-13-14-15-17-21(23)18-16-20-22(19-6-4-2)27(24,25)26/h21-23H,3-20H2,1-2H3,(H,24,25,26). The lowest BCUT2D eigenvalue weighted by Gasteiger charge is -2.15. The molecule has 4 nitrogen and oxygen atoms in total. The normalized spacial score (nSPS) is 14.4. The van der Waals surface area contributed by atoms with Crippen molar-refractivity contribution < 1.29 is 18.1 Å². The molecule has 0 aromatic rings. The molecular weight excluding hydrogens is 360 g/mol. The van der Waals surface area contributed by atoms with Crippen molar-refractivity contribution in [3.63, 3.8) is 0 Å². The van der Waals surface area contributed by atoms with Crippen LogP contribution in [0.1, 0.15) is 129 Å². The maximum absolute atomic E-state index is 11.4. The molecule has 0 aliphatic rings. The Morgan fingerprint density at radius 3 is 1.48 bits per heavy atom. The Balaban J connectivity index is 3.56. The van der Waals surface area contributed by atoms with Gasteiger partial charge in [0.1, 0.15) is 0 Å². The molecule has 0 bridgehead atoms. The van der Waals surface area contributed by atoms with Crippen LogP contribution in [0.25, 0.3) is 0 Å². The quantitative estimate of drug-likeness (QED) is 0.175. The second kappa shape index (κ2) is 17.9. The fraction of sp³-hybridized carbons (Fsp3) is 1.00. The van der Waals surface area contributed by atoms with Gasteiger partial charge in [0.2, 0.25) is 0 Å². The van der Waals surface area contributed by atoms with Crippen molar-refractivity contribution in [2.45, 2.75) is 141 Å². The molecule has 2 unspecified atom stereocenters. The average molecular weight is 407 g/mol. The van der Waals surface area contributed by atoms with E-state index in [0.717, 1.165) is 25.7 Å². The Morgan fingerprint density at radius 1 is 0.593 bits per heavy atom. The van der Waals surface area contributed by atoms with Gasteiger partial charge in [-0.3, -0.25) is 4.55 Å². The van der Waals surface area contributed by atoms with Crippen molar-refractivity contribution in [1.29, 1.82) is 0 Å². The topological polar surface area (TPSA) is 74.6 Å². The SMILES string of the molecule is CCCCCCCCCCCCCC(O)CCCC(CCCC)S(=O)(=O)O. The van der Waals surface area contributed by atoms with Crippen LogP contribution in [-0.2, 0) is 10.1 Å². The van der Waals surface area contributed by atoms with E-state index in [9.17, 15) is 18.1 Å². The van der Waals surface area contributed by atoms with Crippen LogP contribution >= 0.6 is 0 Å². The number of aliphatic hydroxyl groups excluding tert-OH is 1. The molecule has 2 N–H and O–H groups in total. The van der Waals surface area contributed by atoms with Crippen LogP contribution in [0.15, 0.2) is 0 Å². The molecule has 0 aromatic heterocycles. The number of rotatable bonds is 20. The van der Waals surface area contributed by atoms with Crippen LogP contribution in [0.3, 0.4) is 0 Å². The predicted molar refractivity (Wildman–Crippen MR) is 116 cm³/mol. The molecule has 0 heterocycles. The molecule has 0 aliphatic carbocycles. The third-order valence-corrected chi connectivity index (χ3v) is 6.82. The van der Waals surface area contributed by atoms with Gasteiger partial charge in [0.25, 0.3) is 10.1 Å². The van der Waals surface area contributed by atoms with E-state index in [0.29, 0.717) is 25.7 Å². The molecule has 164 valence electrons. The highest BCUT2D eigenvalue weighted by molar-refractivity contribution is 7.86. The second-order valence-corrected chi connectivity index (χ2v) is 9.88. The lowest BCUT2D eigenvalue weighted by atomic mass is 10.0. The van der Waals surface area contributed by atoms with E-state index >= 15 is 0 Å². The van der Waals surface area contributed by atoms with Crippen molar-refractivity contribution in [3.05, 3.63) is 0 Å². The summed E-state index contributed by atoms with van der Waals surface area (Å²) in [5.41, 5.74) is 0. The van der Waals surface area contributed by atoms with Crippen LogP contribution in [-0.4, -0.2) is 29.4 Å². The summed E-state index contributed by atoms with van der Waals surface area (Å²) in [4.78, 5) is 0. The van der Waals surface area contributed by atoms with E-state index in [1.807, 2.05) is 6.92 Å². The Hall–Kier alpha value is -0.130. The Morgan fingerprint density at radius 2 is 1.00 bits per heavy atom. The summed E-state index contributed by atoms with van der Waals surface area (Å²) in [7, 11) is -3.96. The fourth-order valence-electron chi connectivity index (χ4n) is 3.64. The molecule has 5 heteroatoms. The predicted octanol–water partition coefficient (Wildman–Crippen LogP) is 6.67. The van der Waals surface area contributed by atoms with Crippen molar-refractivity contribution >= 4 is 10.1 Å². The third kappa shape index (κ3) is 17.7. The minimum Gasteiger partial charge on any atom is -0.393 e. The largest absolute Gasteiger partial charge is 0.393 e. The first-order valence-corrected chi connectivity index (χ1v) is 13.1. The minimum absolute atomic E-state index is 0.336. The molecule has 0 saturated carbocycles. The van der Waals surface area contributed by atoms with Gasteiger partial charge in [0.15, 0.2) is 0 Å². The average Bonchev–Trinajstić information content (AvgIpc) is 2.61. The molecule has 0 rings (SSSR count). The van der Waals surface area contributed by atoms with E-state index in [1.165, 1.54) is 64.2 Å². The van der Waals surface area contributed by atoms with Gasteiger partial charge in [0, 0.05) is 0 Å². The van der Waals surface area contributed by atoms with Crippen LogP contribution in [0.5, 0.6) is 0 Å². The first-order valence-electron chi connectivity index (χ1n) is 11.6.